The standard InChI is InChI=1S/C8H6Cl2INO3/c1-4-2-3-5(7(13)6(4)11)15-8(14)12(9)10/h2-3,13H,1H3. The van der Waals surface area contributed by atoms with E-state index in [4.69, 9.17) is 28.3 Å². The molecule has 0 spiro atoms. The lowest BCUT2D eigenvalue weighted by molar-refractivity contribution is 0.193. The Morgan fingerprint density at radius 2 is 2.13 bits per heavy atom. The van der Waals surface area contributed by atoms with E-state index in [9.17, 15) is 9.90 Å². The number of hydrogen-bond donors (Lipinski definition) is 1. The second kappa shape index (κ2) is 5.09. The van der Waals surface area contributed by atoms with Crippen molar-refractivity contribution in [2.75, 3.05) is 0 Å². The Morgan fingerprint density at radius 3 is 2.67 bits per heavy atom. The van der Waals surface area contributed by atoms with Crippen molar-refractivity contribution < 1.29 is 14.6 Å². The molecule has 7 heteroatoms. The van der Waals surface area contributed by atoms with Gasteiger partial charge in [0.1, 0.15) is 0 Å². The number of carbonyl (C=O) groups excluding carboxylic acids is 1. The molecular weight excluding hydrogens is 356 g/mol. The minimum Gasteiger partial charge on any atom is -0.503 e. The van der Waals surface area contributed by atoms with Crippen molar-refractivity contribution >= 4 is 52.2 Å². The monoisotopic (exact) mass is 361 g/mol. The molecule has 0 aliphatic heterocycles. The van der Waals surface area contributed by atoms with E-state index in [0.29, 0.717) is 3.57 Å². The normalized spacial score (nSPS) is 9.87. The number of halogens is 3. The fraction of sp³-hybridized carbons (Fsp3) is 0.125. The molecule has 1 aromatic carbocycles. The van der Waals surface area contributed by atoms with Gasteiger partial charge in [0.05, 0.1) is 3.57 Å². The highest BCUT2D eigenvalue weighted by atomic mass is 127. The van der Waals surface area contributed by atoms with Crippen molar-refractivity contribution in [1.29, 1.82) is 0 Å². The molecule has 4 nitrogen and oxygen atoms in total. The van der Waals surface area contributed by atoms with Crippen molar-refractivity contribution in [3.63, 3.8) is 0 Å². The first-order valence-corrected chi connectivity index (χ1v) is 5.50. The van der Waals surface area contributed by atoms with Crippen LogP contribution in [0.15, 0.2) is 12.1 Å². The topological polar surface area (TPSA) is 49.8 Å². The highest BCUT2D eigenvalue weighted by molar-refractivity contribution is 14.1. The summed E-state index contributed by atoms with van der Waals surface area (Å²) in [6, 6.07) is 3.17. The fourth-order valence-electron chi connectivity index (χ4n) is 0.859. The number of carbonyl (C=O) groups is 1. The molecule has 82 valence electrons. The average Bonchev–Trinajstić information content (AvgIpc) is 2.18. The first kappa shape index (κ1) is 12.7. The average molecular weight is 362 g/mol. The fourth-order valence-corrected chi connectivity index (χ4v) is 1.37. The van der Waals surface area contributed by atoms with Crippen LogP contribution in [0.5, 0.6) is 11.5 Å². The minimum atomic E-state index is -0.978. The lowest BCUT2D eigenvalue weighted by Gasteiger charge is -2.09. The molecule has 0 fully saturated rings. The molecule has 0 aliphatic carbocycles. The number of phenolic OH excluding ortho intramolecular Hbond substituents is 1. The van der Waals surface area contributed by atoms with Crippen molar-refractivity contribution in [1.82, 2.24) is 3.94 Å². The Morgan fingerprint density at radius 1 is 1.53 bits per heavy atom. The number of amides is 1. The molecule has 0 saturated heterocycles. The lowest BCUT2D eigenvalue weighted by atomic mass is 10.2. The summed E-state index contributed by atoms with van der Waals surface area (Å²) in [4.78, 5) is 11.0. The third-order valence-electron chi connectivity index (χ3n) is 1.61. The number of benzene rings is 1. The van der Waals surface area contributed by atoms with Gasteiger partial charge in [-0.05, 0) is 41.1 Å². The summed E-state index contributed by atoms with van der Waals surface area (Å²) in [5, 5.41) is 9.62. The van der Waals surface area contributed by atoms with Crippen molar-refractivity contribution in [2.45, 2.75) is 6.92 Å². The van der Waals surface area contributed by atoms with E-state index in [0.717, 1.165) is 5.56 Å². The molecule has 0 aliphatic rings. The Kier molecular flexibility index (Phi) is 4.30. The summed E-state index contributed by atoms with van der Waals surface area (Å²) < 4.78 is 5.56. The predicted octanol–water partition coefficient (Wildman–Crippen LogP) is 3.41. The molecule has 0 saturated carbocycles. The van der Waals surface area contributed by atoms with Crippen LogP contribution in [0.2, 0.25) is 0 Å². The molecule has 1 rings (SSSR count). The van der Waals surface area contributed by atoms with Crippen molar-refractivity contribution in [3.05, 3.63) is 21.3 Å². The SMILES string of the molecule is Cc1ccc(OC(=O)N(Cl)Cl)c(O)c1I. The summed E-state index contributed by atoms with van der Waals surface area (Å²) in [6.45, 7) is 1.82. The molecule has 0 unspecified atom stereocenters. The number of phenols is 1. The number of aryl methyl sites for hydroxylation is 1. The van der Waals surface area contributed by atoms with E-state index < -0.39 is 6.09 Å². The number of nitrogens with zero attached hydrogens (tertiary/aromatic N) is 1. The van der Waals surface area contributed by atoms with Gasteiger partial charge in [-0.25, -0.2) is 4.79 Å². The summed E-state index contributed by atoms with van der Waals surface area (Å²) in [5.41, 5.74) is 0.876. The third kappa shape index (κ3) is 3.02. The predicted molar refractivity (Wildman–Crippen MR) is 65.1 cm³/mol. The highest BCUT2D eigenvalue weighted by Gasteiger charge is 2.16. The first-order valence-electron chi connectivity index (χ1n) is 3.75. The van der Waals surface area contributed by atoms with Crippen molar-refractivity contribution in [2.24, 2.45) is 0 Å². The van der Waals surface area contributed by atoms with E-state index in [1.54, 1.807) is 6.07 Å². The van der Waals surface area contributed by atoms with Gasteiger partial charge in [-0.15, -0.1) is 3.94 Å². The molecule has 0 bridgehead atoms. The van der Waals surface area contributed by atoms with Crippen LogP contribution in [-0.4, -0.2) is 15.1 Å². The zero-order valence-corrected chi connectivity index (χ0v) is 11.2. The van der Waals surface area contributed by atoms with Crippen LogP contribution in [0.4, 0.5) is 4.79 Å². The van der Waals surface area contributed by atoms with Gasteiger partial charge in [0.25, 0.3) is 0 Å². The second-order valence-electron chi connectivity index (χ2n) is 2.64. The summed E-state index contributed by atoms with van der Waals surface area (Å²) in [6.07, 6.45) is -0.978. The van der Waals surface area contributed by atoms with E-state index in [1.807, 2.05) is 29.5 Å². The molecule has 1 N–H and O–H groups in total. The van der Waals surface area contributed by atoms with Gasteiger partial charge >= 0.3 is 6.09 Å². The van der Waals surface area contributed by atoms with Gasteiger partial charge in [-0.2, -0.15) is 0 Å². The maximum absolute atomic E-state index is 11.0. The Hall–Kier alpha value is -0.400. The lowest BCUT2D eigenvalue weighted by Crippen LogP contribution is -2.16. The van der Waals surface area contributed by atoms with Gasteiger partial charge in [0.15, 0.2) is 11.5 Å². The number of rotatable bonds is 1. The quantitative estimate of drug-likeness (QED) is 0.616. The zero-order valence-electron chi connectivity index (χ0n) is 7.50. The van der Waals surface area contributed by atoms with Crippen LogP contribution in [0, 0.1) is 10.5 Å². The van der Waals surface area contributed by atoms with Crippen molar-refractivity contribution in [3.8, 4) is 11.5 Å². The number of hydrogen-bond acceptors (Lipinski definition) is 3. The first-order chi connectivity index (χ1) is 6.93. The van der Waals surface area contributed by atoms with Crippen LogP contribution in [0.3, 0.4) is 0 Å². The van der Waals surface area contributed by atoms with E-state index in [2.05, 4.69) is 0 Å². The van der Waals surface area contributed by atoms with Gasteiger partial charge in [0.2, 0.25) is 0 Å². The van der Waals surface area contributed by atoms with Gasteiger partial charge in [-0.1, -0.05) is 6.07 Å². The van der Waals surface area contributed by atoms with Crippen LogP contribution >= 0.6 is 46.1 Å². The second-order valence-corrected chi connectivity index (χ2v) is 4.57. The molecule has 15 heavy (non-hydrogen) atoms. The van der Waals surface area contributed by atoms with E-state index >= 15 is 0 Å². The Labute approximate surface area is 110 Å². The van der Waals surface area contributed by atoms with Crippen LogP contribution < -0.4 is 4.74 Å². The van der Waals surface area contributed by atoms with E-state index in [-0.39, 0.29) is 15.4 Å². The van der Waals surface area contributed by atoms with E-state index in [1.165, 1.54) is 6.07 Å². The molecule has 0 radical (unpaired) electrons. The molecular formula is C8H6Cl2INO3. The van der Waals surface area contributed by atoms with Gasteiger partial charge in [0, 0.05) is 23.6 Å². The summed E-state index contributed by atoms with van der Waals surface area (Å²) >= 11 is 12.2. The molecule has 0 atom stereocenters. The van der Waals surface area contributed by atoms with Crippen LogP contribution in [0.1, 0.15) is 5.56 Å². The summed E-state index contributed by atoms with van der Waals surface area (Å²) in [5.74, 6) is -0.0968. The summed E-state index contributed by atoms with van der Waals surface area (Å²) in [7, 11) is 0. The van der Waals surface area contributed by atoms with Crippen LogP contribution in [-0.2, 0) is 0 Å². The maximum Gasteiger partial charge on any atom is 0.445 e. The van der Waals surface area contributed by atoms with Gasteiger partial charge in [-0.3, -0.25) is 0 Å². The number of aromatic hydroxyl groups is 1. The maximum atomic E-state index is 11.0. The molecule has 0 aromatic heterocycles. The zero-order chi connectivity index (χ0) is 11.6. The molecule has 1 aromatic rings. The molecule has 0 heterocycles. The molecule has 1 amide bonds. The highest BCUT2D eigenvalue weighted by Crippen LogP contribution is 2.33. The third-order valence-corrected chi connectivity index (χ3v) is 3.25. The smallest absolute Gasteiger partial charge is 0.445 e. The van der Waals surface area contributed by atoms with Gasteiger partial charge < -0.3 is 9.84 Å². The number of ether oxygens (including phenoxy) is 1. The largest absolute Gasteiger partial charge is 0.503 e. The Balaban J connectivity index is 2.97. The Bertz CT molecular complexity index is 398. The van der Waals surface area contributed by atoms with Crippen LogP contribution in [0.25, 0.3) is 0 Å². The minimum absolute atomic E-state index is 0.0151.